The molecule has 0 spiro atoms. The minimum Gasteiger partial charge on any atom is -0.497 e. The number of fused-ring (bicyclic) bond motifs is 1. The predicted octanol–water partition coefficient (Wildman–Crippen LogP) is 3.93. The molecule has 20 heavy (non-hydrogen) atoms. The van der Waals surface area contributed by atoms with Crippen LogP contribution in [-0.2, 0) is 0 Å². The molecule has 2 unspecified atom stereocenters. The van der Waals surface area contributed by atoms with Gasteiger partial charge in [-0.3, -0.25) is 0 Å². The highest BCUT2D eigenvalue weighted by Crippen LogP contribution is 2.38. The average molecular weight is 277 g/mol. The summed E-state index contributed by atoms with van der Waals surface area (Å²) in [5.74, 6) is 2.57. The number of benzene rings is 1. The third-order valence-electron chi connectivity index (χ3n) is 3.76. The Kier molecular flexibility index (Phi) is 5.30. The Labute approximate surface area is 122 Å². The Hall–Kier alpha value is -1.22. The summed E-state index contributed by atoms with van der Waals surface area (Å²) in [6, 6.07) is 6.50. The van der Waals surface area contributed by atoms with E-state index in [2.05, 4.69) is 32.2 Å². The van der Waals surface area contributed by atoms with Crippen LogP contribution in [0.25, 0.3) is 0 Å². The summed E-state index contributed by atoms with van der Waals surface area (Å²) < 4.78 is 11.5. The highest BCUT2D eigenvalue weighted by atomic mass is 16.5. The van der Waals surface area contributed by atoms with Gasteiger partial charge in [0.15, 0.2) is 0 Å². The Morgan fingerprint density at radius 3 is 2.85 bits per heavy atom. The highest BCUT2D eigenvalue weighted by Gasteiger charge is 2.28. The van der Waals surface area contributed by atoms with Crippen LogP contribution in [0.1, 0.15) is 51.6 Å². The lowest BCUT2D eigenvalue weighted by Gasteiger charge is -2.34. The lowest BCUT2D eigenvalue weighted by molar-refractivity contribution is 0.128. The number of nitrogens with one attached hydrogen (secondary N) is 1. The van der Waals surface area contributed by atoms with Crippen molar-refractivity contribution in [3.8, 4) is 11.5 Å². The summed E-state index contributed by atoms with van der Waals surface area (Å²) in [6.07, 6.45) is 3.60. The minimum absolute atomic E-state index is 0.310. The van der Waals surface area contributed by atoms with Crippen LogP contribution in [-0.4, -0.2) is 19.8 Å². The van der Waals surface area contributed by atoms with Crippen LogP contribution in [0.3, 0.4) is 0 Å². The van der Waals surface area contributed by atoms with Crippen LogP contribution in [0, 0.1) is 5.92 Å². The number of rotatable bonds is 6. The molecule has 112 valence electrons. The molecule has 1 heterocycles. The molecule has 0 amide bonds. The van der Waals surface area contributed by atoms with Crippen molar-refractivity contribution in [1.29, 1.82) is 0 Å². The highest BCUT2D eigenvalue weighted by molar-refractivity contribution is 5.43. The number of hydrogen-bond donors (Lipinski definition) is 1. The molecule has 1 aliphatic rings. The van der Waals surface area contributed by atoms with Crippen molar-refractivity contribution in [3.05, 3.63) is 23.8 Å². The molecule has 0 saturated carbocycles. The molecule has 2 atom stereocenters. The summed E-state index contributed by atoms with van der Waals surface area (Å²) in [5.41, 5.74) is 1.23. The van der Waals surface area contributed by atoms with E-state index in [-0.39, 0.29) is 0 Å². The van der Waals surface area contributed by atoms with Gasteiger partial charge in [-0.25, -0.2) is 0 Å². The topological polar surface area (TPSA) is 30.5 Å². The van der Waals surface area contributed by atoms with E-state index in [1.165, 1.54) is 5.56 Å². The summed E-state index contributed by atoms with van der Waals surface area (Å²) in [5, 5.41) is 3.65. The van der Waals surface area contributed by atoms with Gasteiger partial charge >= 0.3 is 0 Å². The molecule has 0 aliphatic carbocycles. The van der Waals surface area contributed by atoms with Gasteiger partial charge in [0.2, 0.25) is 0 Å². The van der Waals surface area contributed by atoms with Crippen molar-refractivity contribution in [2.24, 2.45) is 5.92 Å². The van der Waals surface area contributed by atoms with E-state index in [0.29, 0.717) is 18.1 Å². The van der Waals surface area contributed by atoms with Crippen molar-refractivity contribution in [3.63, 3.8) is 0 Å². The third-order valence-corrected chi connectivity index (χ3v) is 3.76. The maximum absolute atomic E-state index is 6.16. The van der Waals surface area contributed by atoms with Gasteiger partial charge in [0, 0.05) is 18.0 Å². The van der Waals surface area contributed by atoms with E-state index < -0.39 is 0 Å². The van der Waals surface area contributed by atoms with Crippen molar-refractivity contribution in [2.75, 3.05) is 13.7 Å². The standard InChI is InChI=1S/C17H27NO2/c1-5-8-18-16-11-14(9-12(2)3)20-17-7-6-13(19-4)10-15(16)17/h6-7,10,12,14,16,18H,5,8-9,11H2,1-4H3. The van der Waals surface area contributed by atoms with Crippen molar-refractivity contribution >= 4 is 0 Å². The summed E-state index contributed by atoms with van der Waals surface area (Å²) in [6.45, 7) is 7.74. The lowest BCUT2D eigenvalue weighted by atomic mass is 9.92. The summed E-state index contributed by atoms with van der Waals surface area (Å²) in [4.78, 5) is 0. The van der Waals surface area contributed by atoms with Gasteiger partial charge in [-0.2, -0.15) is 0 Å². The minimum atomic E-state index is 0.310. The maximum Gasteiger partial charge on any atom is 0.124 e. The van der Waals surface area contributed by atoms with Gasteiger partial charge in [0.05, 0.1) is 7.11 Å². The number of ether oxygens (including phenoxy) is 2. The first-order valence-corrected chi connectivity index (χ1v) is 7.72. The second-order valence-corrected chi connectivity index (χ2v) is 6.02. The first-order chi connectivity index (χ1) is 9.63. The van der Waals surface area contributed by atoms with Gasteiger partial charge in [0.25, 0.3) is 0 Å². The van der Waals surface area contributed by atoms with Crippen molar-refractivity contribution < 1.29 is 9.47 Å². The number of hydrogen-bond acceptors (Lipinski definition) is 3. The maximum atomic E-state index is 6.16. The van der Waals surface area contributed by atoms with E-state index in [1.54, 1.807) is 7.11 Å². The van der Waals surface area contributed by atoms with Gasteiger partial charge in [0.1, 0.15) is 17.6 Å². The van der Waals surface area contributed by atoms with E-state index in [1.807, 2.05) is 12.1 Å². The fraction of sp³-hybridized carbons (Fsp3) is 0.647. The zero-order chi connectivity index (χ0) is 14.5. The van der Waals surface area contributed by atoms with Crippen LogP contribution in [0.5, 0.6) is 11.5 Å². The van der Waals surface area contributed by atoms with Crippen LogP contribution in [0.15, 0.2) is 18.2 Å². The Morgan fingerprint density at radius 2 is 2.20 bits per heavy atom. The van der Waals surface area contributed by atoms with Crippen LogP contribution in [0.4, 0.5) is 0 Å². The third kappa shape index (κ3) is 3.66. The summed E-state index contributed by atoms with van der Waals surface area (Å²) >= 11 is 0. The van der Waals surface area contributed by atoms with E-state index >= 15 is 0 Å². The quantitative estimate of drug-likeness (QED) is 0.854. The van der Waals surface area contributed by atoms with E-state index in [4.69, 9.17) is 9.47 Å². The predicted molar refractivity (Wildman–Crippen MR) is 82.5 cm³/mol. The Bertz CT molecular complexity index is 431. The van der Waals surface area contributed by atoms with Crippen molar-refractivity contribution in [2.45, 2.75) is 52.2 Å². The van der Waals surface area contributed by atoms with E-state index in [0.717, 1.165) is 37.3 Å². The first-order valence-electron chi connectivity index (χ1n) is 7.72. The number of methoxy groups -OCH3 is 1. The normalized spacial score (nSPS) is 21.4. The molecule has 0 aromatic heterocycles. The molecule has 2 rings (SSSR count). The molecule has 0 radical (unpaired) electrons. The molecule has 1 aromatic carbocycles. The molecule has 1 aliphatic heterocycles. The summed E-state index contributed by atoms with van der Waals surface area (Å²) in [7, 11) is 1.71. The lowest BCUT2D eigenvalue weighted by Crippen LogP contribution is -2.34. The van der Waals surface area contributed by atoms with Crippen LogP contribution < -0.4 is 14.8 Å². The first kappa shape index (κ1) is 15.2. The molecule has 3 nitrogen and oxygen atoms in total. The Morgan fingerprint density at radius 1 is 1.40 bits per heavy atom. The molecule has 3 heteroatoms. The van der Waals surface area contributed by atoms with Gasteiger partial charge in [-0.05, 0) is 43.5 Å². The fourth-order valence-electron chi connectivity index (χ4n) is 2.83. The molecule has 1 aromatic rings. The van der Waals surface area contributed by atoms with Crippen LogP contribution >= 0.6 is 0 Å². The van der Waals surface area contributed by atoms with Gasteiger partial charge in [-0.1, -0.05) is 20.8 Å². The second kappa shape index (κ2) is 6.98. The largest absolute Gasteiger partial charge is 0.497 e. The zero-order valence-electron chi connectivity index (χ0n) is 13.1. The Balaban J connectivity index is 2.21. The van der Waals surface area contributed by atoms with Gasteiger partial charge < -0.3 is 14.8 Å². The molecular formula is C17H27NO2. The fourth-order valence-corrected chi connectivity index (χ4v) is 2.83. The SMILES string of the molecule is CCCNC1CC(CC(C)C)Oc2ccc(OC)cc21. The molecule has 0 saturated heterocycles. The second-order valence-electron chi connectivity index (χ2n) is 6.02. The average Bonchev–Trinajstić information content (AvgIpc) is 2.43. The van der Waals surface area contributed by atoms with Gasteiger partial charge in [-0.15, -0.1) is 0 Å². The van der Waals surface area contributed by atoms with Crippen molar-refractivity contribution in [1.82, 2.24) is 5.32 Å². The molecular weight excluding hydrogens is 250 g/mol. The molecule has 0 bridgehead atoms. The monoisotopic (exact) mass is 277 g/mol. The van der Waals surface area contributed by atoms with Crippen LogP contribution in [0.2, 0.25) is 0 Å². The molecule has 0 fully saturated rings. The zero-order valence-corrected chi connectivity index (χ0v) is 13.1. The smallest absolute Gasteiger partial charge is 0.124 e. The molecule has 1 N–H and O–H groups in total. The van der Waals surface area contributed by atoms with E-state index in [9.17, 15) is 0 Å².